The third kappa shape index (κ3) is 5.93. The Bertz CT molecular complexity index is 1750. The van der Waals surface area contributed by atoms with Crippen LogP contribution in [0.4, 0.5) is 0 Å². The molecule has 0 amide bonds. The van der Waals surface area contributed by atoms with Crippen molar-refractivity contribution in [3.63, 3.8) is 0 Å². The number of fused-ring (bicyclic) bond motifs is 2. The Kier molecular flexibility index (Phi) is 8.22. The van der Waals surface area contributed by atoms with E-state index in [1.807, 2.05) is 0 Å². The standard InChI is InChI=1S/C47H48/c1-33-29-45(37-15-5-3-6-16-37)41-23-27-47(25-21-35-13-9-11-19-39(35)31-43(33)41)26-22-36-14-10-12-20-40(36)32-44-34(2)30-46(42(44)24-28-47)38-17-7-4-8-18-38/h3-20,29-30,45-46H,21-28,31-32H2,1-2H3. The van der Waals surface area contributed by atoms with E-state index in [1.165, 1.54) is 84.8 Å². The number of hydrogen-bond acceptors (Lipinski definition) is 0. The summed E-state index contributed by atoms with van der Waals surface area (Å²) in [5, 5.41) is 0. The van der Waals surface area contributed by atoms with Crippen LogP contribution in [0.15, 0.2) is 155 Å². The molecule has 4 aliphatic carbocycles. The van der Waals surface area contributed by atoms with Crippen LogP contribution < -0.4 is 0 Å². The van der Waals surface area contributed by atoms with Gasteiger partial charge in [-0.1, -0.05) is 144 Å². The minimum absolute atomic E-state index is 0.278. The van der Waals surface area contributed by atoms with Gasteiger partial charge < -0.3 is 0 Å². The van der Waals surface area contributed by atoms with Crippen LogP contribution in [-0.2, 0) is 25.7 Å². The summed E-state index contributed by atoms with van der Waals surface area (Å²) in [6.45, 7) is 4.74. The largest absolute Gasteiger partial charge is 0.0697 e. The topological polar surface area (TPSA) is 0 Å². The van der Waals surface area contributed by atoms with Gasteiger partial charge in [-0.15, -0.1) is 0 Å². The first kappa shape index (κ1) is 30.2. The van der Waals surface area contributed by atoms with Crippen LogP contribution in [-0.4, -0.2) is 0 Å². The second-order valence-corrected chi connectivity index (χ2v) is 14.9. The van der Waals surface area contributed by atoms with Crippen molar-refractivity contribution < 1.29 is 0 Å². The van der Waals surface area contributed by atoms with Gasteiger partial charge in [-0.25, -0.2) is 0 Å². The molecule has 2 unspecified atom stereocenters. The molecule has 0 radical (unpaired) electrons. The molecule has 4 aromatic rings. The lowest BCUT2D eigenvalue weighted by Crippen LogP contribution is -2.26. The van der Waals surface area contributed by atoms with E-state index in [-0.39, 0.29) is 5.41 Å². The van der Waals surface area contributed by atoms with Gasteiger partial charge in [0, 0.05) is 11.8 Å². The quantitative estimate of drug-likeness (QED) is 0.211. The minimum Gasteiger partial charge on any atom is -0.0697 e. The van der Waals surface area contributed by atoms with Gasteiger partial charge in [-0.2, -0.15) is 0 Å². The van der Waals surface area contributed by atoms with E-state index < -0.39 is 0 Å². The highest BCUT2D eigenvalue weighted by Gasteiger charge is 2.36. The van der Waals surface area contributed by atoms with Gasteiger partial charge in [0.1, 0.15) is 0 Å². The molecule has 0 aromatic heterocycles. The maximum absolute atomic E-state index is 2.57. The van der Waals surface area contributed by atoms with E-state index >= 15 is 0 Å². The lowest BCUT2D eigenvalue weighted by molar-refractivity contribution is 0.197. The van der Waals surface area contributed by atoms with Crippen molar-refractivity contribution in [2.45, 2.75) is 89.9 Å². The molecule has 0 saturated heterocycles. The minimum atomic E-state index is 0.278. The number of hydrogen-bond donors (Lipinski definition) is 0. The molecule has 0 N–H and O–H groups in total. The highest BCUT2D eigenvalue weighted by atomic mass is 14.4. The predicted octanol–water partition coefficient (Wildman–Crippen LogP) is 12.0. The first-order valence-corrected chi connectivity index (χ1v) is 18.1. The molecule has 4 aromatic carbocycles. The third-order valence-corrected chi connectivity index (χ3v) is 12.3. The summed E-state index contributed by atoms with van der Waals surface area (Å²) in [4.78, 5) is 0. The van der Waals surface area contributed by atoms with Gasteiger partial charge >= 0.3 is 0 Å². The van der Waals surface area contributed by atoms with Gasteiger partial charge in [0.2, 0.25) is 0 Å². The average molecular weight is 613 g/mol. The van der Waals surface area contributed by atoms with Crippen molar-refractivity contribution in [2.75, 3.05) is 0 Å². The van der Waals surface area contributed by atoms with Crippen molar-refractivity contribution >= 4 is 0 Å². The summed E-state index contributed by atoms with van der Waals surface area (Å²) in [5.41, 5.74) is 18.9. The maximum Gasteiger partial charge on any atom is 0.0240 e. The third-order valence-electron chi connectivity index (χ3n) is 12.3. The Labute approximate surface area is 282 Å². The Morgan fingerprint density at radius 2 is 0.787 bits per heavy atom. The summed E-state index contributed by atoms with van der Waals surface area (Å²) >= 11 is 0. The van der Waals surface area contributed by atoms with Crippen LogP contribution in [0.2, 0.25) is 0 Å². The van der Waals surface area contributed by atoms with E-state index in [0.717, 1.165) is 12.8 Å². The van der Waals surface area contributed by atoms with Crippen molar-refractivity contribution in [3.8, 4) is 0 Å². The zero-order valence-corrected chi connectivity index (χ0v) is 28.3. The van der Waals surface area contributed by atoms with Gasteiger partial charge in [0.05, 0.1) is 0 Å². The summed E-state index contributed by atoms with van der Waals surface area (Å²) in [5.74, 6) is 0.794. The molecule has 8 rings (SSSR count). The number of aryl methyl sites for hydroxylation is 2. The predicted molar refractivity (Wildman–Crippen MR) is 198 cm³/mol. The fourth-order valence-electron chi connectivity index (χ4n) is 9.50. The zero-order valence-electron chi connectivity index (χ0n) is 28.3. The van der Waals surface area contributed by atoms with E-state index in [4.69, 9.17) is 0 Å². The van der Waals surface area contributed by atoms with Crippen LogP contribution in [0.3, 0.4) is 0 Å². The van der Waals surface area contributed by atoms with Crippen LogP contribution in [0.25, 0.3) is 0 Å². The molecule has 0 bridgehead atoms. The average Bonchev–Trinajstić information content (AvgIpc) is 3.60. The summed E-state index contributed by atoms with van der Waals surface area (Å²) in [7, 11) is 0. The van der Waals surface area contributed by atoms with Gasteiger partial charge in [0.25, 0.3) is 0 Å². The number of allylic oxidation sites excluding steroid dienone is 8. The smallest absolute Gasteiger partial charge is 0.0240 e. The fraction of sp³-hybridized carbons (Fsp3) is 0.319. The Hall–Kier alpha value is -4.16. The molecule has 4 aliphatic rings. The van der Waals surface area contributed by atoms with E-state index in [0.29, 0.717) is 11.8 Å². The van der Waals surface area contributed by atoms with E-state index in [1.54, 1.807) is 33.4 Å². The Balaban J connectivity index is 1.22. The molecule has 0 saturated carbocycles. The molecule has 2 atom stereocenters. The molecule has 0 heteroatoms. The molecule has 0 heterocycles. The normalized spacial score (nSPS) is 24.6. The second kappa shape index (κ2) is 12.8. The number of benzene rings is 4. The van der Waals surface area contributed by atoms with Crippen LogP contribution in [0.1, 0.15) is 97.6 Å². The summed E-state index contributed by atoms with van der Waals surface area (Å²) < 4.78 is 0. The Morgan fingerprint density at radius 3 is 1.21 bits per heavy atom. The van der Waals surface area contributed by atoms with Crippen molar-refractivity contribution in [3.05, 3.63) is 188 Å². The first-order chi connectivity index (χ1) is 23.1. The maximum atomic E-state index is 2.57. The van der Waals surface area contributed by atoms with Gasteiger partial charge in [0.15, 0.2) is 0 Å². The first-order valence-electron chi connectivity index (χ1n) is 18.1. The van der Waals surface area contributed by atoms with Crippen LogP contribution >= 0.6 is 0 Å². The fourth-order valence-corrected chi connectivity index (χ4v) is 9.50. The monoisotopic (exact) mass is 612 g/mol. The summed E-state index contributed by atoms with van der Waals surface area (Å²) in [6.07, 6.45) is 17.1. The molecule has 0 aliphatic heterocycles. The zero-order chi connectivity index (χ0) is 31.8. The molecular formula is C47H48. The molecular weight excluding hydrogens is 565 g/mol. The molecule has 47 heavy (non-hydrogen) atoms. The molecule has 236 valence electrons. The van der Waals surface area contributed by atoms with Gasteiger partial charge in [-0.3, -0.25) is 0 Å². The molecule has 1 spiro atoms. The molecule has 0 fully saturated rings. The van der Waals surface area contributed by atoms with Crippen LogP contribution in [0, 0.1) is 5.41 Å². The number of rotatable bonds is 2. The van der Waals surface area contributed by atoms with E-state index in [9.17, 15) is 0 Å². The van der Waals surface area contributed by atoms with Crippen molar-refractivity contribution in [1.82, 2.24) is 0 Å². The van der Waals surface area contributed by atoms with Gasteiger partial charge in [-0.05, 0) is 128 Å². The highest BCUT2D eigenvalue weighted by Crippen LogP contribution is 2.51. The highest BCUT2D eigenvalue weighted by molar-refractivity contribution is 5.55. The summed E-state index contributed by atoms with van der Waals surface area (Å²) in [6, 6.07) is 41.3. The lowest BCUT2D eigenvalue weighted by atomic mass is 9.67. The van der Waals surface area contributed by atoms with Crippen molar-refractivity contribution in [1.29, 1.82) is 0 Å². The van der Waals surface area contributed by atoms with E-state index in [2.05, 4.69) is 135 Å². The molecule has 0 nitrogen and oxygen atoms in total. The Morgan fingerprint density at radius 1 is 0.426 bits per heavy atom. The SMILES string of the molecule is CC1=CC(c2ccccc2)C2=C1Cc1ccccc1CCC1(CC2)CCC2=C(Cc3ccccc3CC1)C(C)=CC2c1ccccc1. The second-order valence-electron chi connectivity index (χ2n) is 14.9. The van der Waals surface area contributed by atoms with Crippen LogP contribution in [0.5, 0.6) is 0 Å². The lowest BCUT2D eigenvalue weighted by Gasteiger charge is -2.38. The van der Waals surface area contributed by atoms with Crippen molar-refractivity contribution in [2.24, 2.45) is 5.41 Å².